The molecule has 1 aliphatic heterocycles. The van der Waals surface area contributed by atoms with Gasteiger partial charge in [0, 0.05) is 30.8 Å². The molecule has 2 aromatic carbocycles. The van der Waals surface area contributed by atoms with E-state index in [0.29, 0.717) is 43.3 Å². The summed E-state index contributed by atoms with van der Waals surface area (Å²) in [6.07, 6.45) is 0.842. The highest BCUT2D eigenvalue weighted by Gasteiger charge is 2.43. The van der Waals surface area contributed by atoms with Crippen LogP contribution >= 0.6 is 0 Å². The fourth-order valence-corrected chi connectivity index (χ4v) is 4.52. The molecule has 2 amide bonds. The lowest BCUT2D eigenvalue weighted by Gasteiger charge is -2.43. The number of carbonyl (C=O) groups excluding carboxylic acids is 2. The first-order valence-electron chi connectivity index (χ1n) is 11.3. The van der Waals surface area contributed by atoms with Gasteiger partial charge in [-0.25, -0.2) is 0 Å². The third-order valence-electron chi connectivity index (χ3n) is 6.00. The second-order valence-electron chi connectivity index (χ2n) is 8.56. The minimum absolute atomic E-state index is 0.00188. The van der Waals surface area contributed by atoms with Crippen LogP contribution in [-0.4, -0.2) is 44.0 Å². The van der Waals surface area contributed by atoms with E-state index in [2.05, 4.69) is 13.8 Å². The number of ether oxygens (including phenoxy) is 2. The summed E-state index contributed by atoms with van der Waals surface area (Å²) in [4.78, 5) is 30.7. The van der Waals surface area contributed by atoms with Crippen LogP contribution in [0.25, 0.3) is 0 Å². The van der Waals surface area contributed by atoms with Gasteiger partial charge in [-0.3, -0.25) is 9.59 Å². The number of hydrogen-bond acceptors (Lipinski definition) is 4. The van der Waals surface area contributed by atoms with Crippen molar-refractivity contribution < 1.29 is 19.1 Å². The van der Waals surface area contributed by atoms with Crippen molar-refractivity contribution in [1.82, 2.24) is 4.90 Å². The second kappa shape index (κ2) is 10.5. The lowest BCUT2D eigenvalue weighted by atomic mass is 9.82. The van der Waals surface area contributed by atoms with E-state index in [9.17, 15) is 9.59 Å². The molecule has 1 saturated heterocycles. The number of para-hydroxylation sites is 1. The fourth-order valence-electron chi connectivity index (χ4n) is 4.52. The molecule has 2 atom stereocenters. The highest BCUT2D eigenvalue weighted by molar-refractivity contribution is 5.97. The van der Waals surface area contributed by atoms with E-state index in [4.69, 9.17) is 9.47 Å². The van der Waals surface area contributed by atoms with Crippen LogP contribution in [0.4, 0.5) is 5.69 Å². The SMILES string of the molecule is CCN(CC(C)C)C(=O)C1CCC(=O)N(c2ccc(OC)cc2)C1c1ccccc1OC. The van der Waals surface area contributed by atoms with Gasteiger partial charge >= 0.3 is 0 Å². The molecule has 6 nitrogen and oxygen atoms in total. The molecule has 2 aromatic rings. The average Bonchev–Trinajstić information content (AvgIpc) is 2.81. The zero-order valence-electron chi connectivity index (χ0n) is 19.7. The van der Waals surface area contributed by atoms with E-state index in [1.165, 1.54) is 0 Å². The zero-order chi connectivity index (χ0) is 23.3. The van der Waals surface area contributed by atoms with Crippen LogP contribution in [0.15, 0.2) is 48.5 Å². The van der Waals surface area contributed by atoms with Crippen molar-refractivity contribution in [2.24, 2.45) is 11.8 Å². The van der Waals surface area contributed by atoms with Crippen molar-refractivity contribution in [3.63, 3.8) is 0 Å². The van der Waals surface area contributed by atoms with Crippen LogP contribution < -0.4 is 14.4 Å². The summed E-state index contributed by atoms with van der Waals surface area (Å²) in [5, 5.41) is 0. The standard InChI is InChI=1S/C26H34N2O4/c1-6-27(17-18(2)3)26(30)22-15-16-24(29)28(19-11-13-20(31-4)14-12-19)25(22)21-9-7-8-10-23(21)32-5/h7-14,18,22,25H,6,15-17H2,1-5H3. The predicted molar refractivity (Wildman–Crippen MR) is 126 cm³/mol. The number of piperidine rings is 1. The summed E-state index contributed by atoms with van der Waals surface area (Å²) >= 11 is 0. The highest BCUT2D eigenvalue weighted by atomic mass is 16.5. The Bertz CT molecular complexity index is 926. The van der Waals surface area contributed by atoms with Crippen molar-refractivity contribution in [2.75, 3.05) is 32.2 Å². The average molecular weight is 439 g/mol. The molecule has 32 heavy (non-hydrogen) atoms. The van der Waals surface area contributed by atoms with Crippen LogP contribution in [0.1, 0.15) is 45.2 Å². The van der Waals surface area contributed by atoms with Crippen molar-refractivity contribution >= 4 is 17.5 Å². The van der Waals surface area contributed by atoms with Gasteiger partial charge in [0.05, 0.1) is 26.2 Å². The summed E-state index contributed by atoms with van der Waals surface area (Å²) in [6.45, 7) is 7.57. The zero-order valence-corrected chi connectivity index (χ0v) is 19.7. The normalized spacial score (nSPS) is 18.6. The number of rotatable bonds is 8. The molecule has 0 saturated carbocycles. The van der Waals surface area contributed by atoms with E-state index < -0.39 is 6.04 Å². The quantitative estimate of drug-likeness (QED) is 0.600. The van der Waals surface area contributed by atoms with Crippen molar-refractivity contribution in [1.29, 1.82) is 0 Å². The summed E-state index contributed by atoms with van der Waals surface area (Å²) in [6, 6.07) is 14.6. The maximum absolute atomic E-state index is 13.8. The number of nitrogens with zero attached hydrogens (tertiary/aromatic N) is 2. The molecule has 0 N–H and O–H groups in total. The van der Waals surface area contributed by atoms with Crippen LogP contribution in [0.2, 0.25) is 0 Å². The first kappa shape index (κ1) is 23.6. The smallest absolute Gasteiger partial charge is 0.228 e. The Balaban J connectivity index is 2.11. The van der Waals surface area contributed by atoms with Gasteiger partial charge in [0.25, 0.3) is 0 Å². The lowest BCUT2D eigenvalue weighted by Crippen LogP contribution is -2.50. The molecular weight excluding hydrogens is 404 g/mol. The predicted octanol–water partition coefficient (Wildman–Crippen LogP) is 4.69. The Labute approximate surface area is 191 Å². The Morgan fingerprint density at radius 2 is 1.78 bits per heavy atom. The molecule has 0 spiro atoms. The van der Waals surface area contributed by atoms with Crippen LogP contribution in [0.5, 0.6) is 11.5 Å². The van der Waals surface area contributed by atoms with Crippen LogP contribution in [0.3, 0.4) is 0 Å². The van der Waals surface area contributed by atoms with Gasteiger partial charge in [0.15, 0.2) is 0 Å². The van der Waals surface area contributed by atoms with E-state index >= 15 is 0 Å². The van der Waals surface area contributed by atoms with Gasteiger partial charge in [0.2, 0.25) is 11.8 Å². The first-order chi connectivity index (χ1) is 15.4. The number of benzene rings is 2. The van der Waals surface area contributed by atoms with Crippen molar-refractivity contribution in [2.45, 2.75) is 39.7 Å². The van der Waals surface area contributed by atoms with Gasteiger partial charge in [-0.05, 0) is 49.6 Å². The number of carbonyl (C=O) groups is 2. The number of hydrogen-bond donors (Lipinski definition) is 0. The number of anilines is 1. The van der Waals surface area contributed by atoms with Crippen molar-refractivity contribution in [3.8, 4) is 11.5 Å². The van der Waals surface area contributed by atoms with Gasteiger partial charge < -0.3 is 19.3 Å². The monoisotopic (exact) mass is 438 g/mol. The molecule has 1 aliphatic rings. The summed E-state index contributed by atoms with van der Waals surface area (Å²) < 4.78 is 10.9. The Morgan fingerprint density at radius 3 is 2.38 bits per heavy atom. The fraction of sp³-hybridized carbons (Fsp3) is 0.462. The molecule has 0 radical (unpaired) electrons. The van der Waals surface area contributed by atoms with E-state index in [1.807, 2.05) is 60.4 Å². The summed E-state index contributed by atoms with van der Waals surface area (Å²) in [5.74, 6) is 1.49. The van der Waals surface area contributed by atoms with Crippen molar-refractivity contribution in [3.05, 3.63) is 54.1 Å². The Kier molecular flexibility index (Phi) is 7.78. The molecule has 0 bridgehead atoms. The molecule has 0 aliphatic carbocycles. The maximum Gasteiger partial charge on any atom is 0.228 e. The Hall–Kier alpha value is -3.02. The molecule has 2 unspecified atom stereocenters. The summed E-state index contributed by atoms with van der Waals surface area (Å²) in [7, 11) is 3.23. The van der Waals surface area contributed by atoms with E-state index in [1.54, 1.807) is 19.1 Å². The highest BCUT2D eigenvalue weighted by Crippen LogP contribution is 2.44. The number of amides is 2. The van der Waals surface area contributed by atoms with E-state index in [0.717, 1.165) is 11.3 Å². The third kappa shape index (κ3) is 4.90. The number of methoxy groups -OCH3 is 2. The van der Waals surface area contributed by atoms with Gasteiger partial charge in [-0.2, -0.15) is 0 Å². The third-order valence-corrected chi connectivity index (χ3v) is 6.00. The minimum atomic E-state index is -0.450. The molecule has 1 heterocycles. The molecular formula is C26H34N2O4. The topological polar surface area (TPSA) is 59.1 Å². The Morgan fingerprint density at radius 1 is 1.09 bits per heavy atom. The molecule has 6 heteroatoms. The summed E-state index contributed by atoms with van der Waals surface area (Å²) in [5.41, 5.74) is 1.59. The van der Waals surface area contributed by atoms with Crippen LogP contribution in [-0.2, 0) is 9.59 Å². The minimum Gasteiger partial charge on any atom is -0.497 e. The molecule has 1 fully saturated rings. The molecule has 3 rings (SSSR count). The lowest BCUT2D eigenvalue weighted by molar-refractivity contribution is -0.138. The molecule has 172 valence electrons. The molecule has 0 aromatic heterocycles. The van der Waals surface area contributed by atoms with Gasteiger partial charge in [0.1, 0.15) is 11.5 Å². The van der Waals surface area contributed by atoms with Crippen LogP contribution in [0, 0.1) is 11.8 Å². The van der Waals surface area contributed by atoms with Gasteiger partial charge in [-0.15, -0.1) is 0 Å². The second-order valence-corrected chi connectivity index (χ2v) is 8.56. The maximum atomic E-state index is 13.8. The van der Waals surface area contributed by atoms with Gasteiger partial charge in [-0.1, -0.05) is 32.0 Å². The largest absolute Gasteiger partial charge is 0.497 e. The van der Waals surface area contributed by atoms with E-state index in [-0.39, 0.29) is 17.7 Å². The first-order valence-corrected chi connectivity index (χ1v) is 11.3.